The molecule has 0 aliphatic carbocycles. The summed E-state index contributed by atoms with van der Waals surface area (Å²) < 4.78 is 24.6. The van der Waals surface area contributed by atoms with Crippen molar-refractivity contribution in [2.24, 2.45) is 0 Å². The first kappa shape index (κ1) is 11.2. The summed E-state index contributed by atoms with van der Waals surface area (Å²) in [6.07, 6.45) is -2.50. The molecule has 0 saturated carbocycles. The molecule has 0 radical (unpaired) electrons. The van der Waals surface area contributed by atoms with Gasteiger partial charge in [-0.1, -0.05) is 0 Å². The van der Waals surface area contributed by atoms with Gasteiger partial charge in [0.2, 0.25) is 0 Å². The number of hydrogen-bond acceptors (Lipinski definition) is 5. The van der Waals surface area contributed by atoms with E-state index in [1.807, 2.05) is 0 Å². The number of nitrogens with zero attached hydrogens (tertiary/aromatic N) is 2. The molecule has 0 spiro atoms. The first-order chi connectivity index (χ1) is 6.99. The Morgan fingerprint density at radius 3 is 2.60 bits per heavy atom. The van der Waals surface area contributed by atoms with Crippen molar-refractivity contribution in [1.29, 1.82) is 0 Å². The van der Waals surface area contributed by atoms with Crippen molar-refractivity contribution in [2.75, 3.05) is 0 Å². The Bertz CT molecular complexity index is 397. The van der Waals surface area contributed by atoms with E-state index in [0.29, 0.717) is 6.20 Å². The maximum atomic E-state index is 12.3. The molecule has 0 bridgehead atoms. The van der Waals surface area contributed by atoms with Crippen LogP contribution in [0, 0.1) is 10.1 Å². The van der Waals surface area contributed by atoms with Gasteiger partial charge in [0, 0.05) is 0 Å². The fraction of sp³-hybridized carbons (Fsp3) is 0.286. The largest absolute Gasteiger partial charge is 0.506 e. The standard InChI is InChI=1S/C7H6F2N2O4/c8-7(9)5-6(11(14)15)3(2-12)4(13)1-10-5/h1,7,12-13H,2H2. The Morgan fingerprint density at radius 1 is 1.60 bits per heavy atom. The molecule has 82 valence electrons. The number of rotatable bonds is 3. The van der Waals surface area contributed by atoms with Crippen LogP contribution in [0.25, 0.3) is 0 Å². The Kier molecular flexibility index (Phi) is 3.10. The van der Waals surface area contributed by atoms with Crippen molar-refractivity contribution >= 4 is 5.69 Å². The highest BCUT2D eigenvalue weighted by molar-refractivity contribution is 5.50. The first-order valence-electron chi connectivity index (χ1n) is 3.73. The number of hydrogen-bond donors (Lipinski definition) is 2. The molecule has 1 rings (SSSR count). The Balaban J connectivity index is 3.49. The highest BCUT2D eigenvalue weighted by Gasteiger charge is 2.29. The molecular formula is C7H6F2N2O4. The van der Waals surface area contributed by atoms with Crippen molar-refractivity contribution in [3.8, 4) is 5.75 Å². The molecule has 2 N–H and O–H groups in total. The second-order valence-corrected chi connectivity index (χ2v) is 2.57. The van der Waals surface area contributed by atoms with Gasteiger partial charge in [0.25, 0.3) is 6.43 Å². The number of alkyl halides is 2. The zero-order chi connectivity index (χ0) is 11.6. The average molecular weight is 220 g/mol. The third-order valence-electron chi connectivity index (χ3n) is 1.71. The van der Waals surface area contributed by atoms with Crippen LogP contribution in [0.15, 0.2) is 6.20 Å². The average Bonchev–Trinajstić information content (AvgIpc) is 2.16. The molecule has 0 aromatic carbocycles. The van der Waals surface area contributed by atoms with Gasteiger partial charge in [-0.3, -0.25) is 10.1 Å². The molecule has 0 unspecified atom stereocenters. The molecule has 0 aliphatic rings. The summed E-state index contributed by atoms with van der Waals surface area (Å²) in [6, 6.07) is 0. The predicted molar refractivity (Wildman–Crippen MR) is 43.4 cm³/mol. The van der Waals surface area contributed by atoms with Gasteiger partial charge in [0.15, 0.2) is 5.69 Å². The minimum atomic E-state index is -3.14. The van der Waals surface area contributed by atoms with Gasteiger partial charge in [-0.25, -0.2) is 13.8 Å². The van der Waals surface area contributed by atoms with E-state index in [-0.39, 0.29) is 0 Å². The third-order valence-corrected chi connectivity index (χ3v) is 1.71. The fourth-order valence-corrected chi connectivity index (χ4v) is 1.06. The highest BCUT2D eigenvalue weighted by atomic mass is 19.3. The van der Waals surface area contributed by atoms with Crippen molar-refractivity contribution in [3.05, 3.63) is 27.6 Å². The smallest absolute Gasteiger partial charge is 0.305 e. The summed E-state index contributed by atoms with van der Waals surface area (Å²) in [7, 11) is 0. The molecule has 1 aromatic rings. The minimum Gasteiger partial charge on any atom is -0.506 e. The Labute approximate surface area is 82.0 Å². The second kappa shape index (κ2) is 4.13. The van der Waals surface area contributed by atoms with Crippen LogP contribution >= 0.6 is 0 Å². The lowest BCUT2D eigenvalue weighted by atomic mass is 10.1. The highest BCUT2D eigenvalue weighted by Crippen LogP contribution is 2.34. The quantitative estimate of drug-likeness (QED) is 0.587. The minimum absolute atomic E-state index is 0.565. The third kappa shape index (κ3) is 1.99. The predicted octanol–water partition coefficient (Wildman–Crippen LogP) is 1.13. The molecule has 6 nitrogen and oxygen atoms in total. The molecule has 1 aromatic heterocycles. The van der Waals surface area contributed by atoms with E-state index in [4.69, 9.17) is 10.2 Å². The van der Waals surface area contributed by atoms with Crippen molar-refractivity contribution in [3.63, 3.8) is 0 Å². The van der Waals surface area contributed by atoms with Crippen LogP contribution in [0.5, 0.6) is 5.75 Å². The number of pyridine rings is 1. The number of aromatic hydroxyl groups is 1. The molecule has 0 atom stereocenters. The van der Waals surface area contributed by atoms with Gasteiger partial charge < -0.3 is 10.2 Å². The summed E-state index contributed by atoms with van der Waals surface area (Å²) >= 11 is 0. The Hall–Kier alpha value is -1.83. The Morgan fingerprint density at radius 2 is 2.20 bits per heavy atom. The summed E-state index contributed by atoms with van der Waals surface area (Å²) in [5.74, 6) is -0.686. The first-order valence-corrected chi connectivity index (χ1v) is 3.73. The fourth-order valence-electron chi connectivity index (χ4n) is 1.06. The summed E-state index contributed by atoms with van der Waals surface area (Å²) in [5, 5.41) is 28.3. The molecule has 0 saturated heterocycles. The van der Waals surface area contributed by atoms with Crippen molar-refractivity contribution < 1.29 is 23.9 Å². The number of aliphatic hydroxyl groups excluding tert-OH is 1. The number of aliphatic hydroxyl groups is 1. The number of nitro groups is 1. The monoisotopic (exact) mass is 220 g/mol. The van der Waals surface area contributed by atoms with Gasteiger partial charge in [-0.15, -0.1) is 0 Å². The van der Waals surface area contributed by atoms with E-state index in [2.05, 4.69) is 4.98 Å². The van der Waals surface area contributed by atoms with Gasteiger partial charge in [0.05, 0.1) is 17.7 Å². The number of halogens is 2. The van der Waals surface area contributed by atoms with Crippen LogP contribution in [0.3, 0.4) is 0 Å². The molecule has 1 heterocycles. The lowest BCUT2D eigenvalue weighted by Crippen LogP contribution is -2.04. The molecule has 0 amide bonds. The van der Waals surface area contributed by atoms with Crippen molar-refractivity contribution in [1.82, 2.24) is 4.98 Å². The van der Waals surface area contributed by atoms with E-state index in [1.54, 1.807) is 0 Å². The van der Waals surface area contributed by atoms with Crippen LogP contribution in [0.2, 0.25) is 0 Å². The van der Waals surface area contributed by atoms with Gasteiger partial charge in [-0.2, -0.15) is 0 Å². The maximum Gasteiger partial charge on any atom is 0.305 e. The topological polar surface area (TPSA) is 96.5 Å². The lowest BCUT2D eigenvalue weighted by Gasteiger charge is -2.06. The van der Waals surface area contributed by atoms with Gasteiger partial charge in [-0.05, 0) is 0 Å². The van der Waals surface area contributed by atoms with E-state index < -0.39 is 40.6 Å². The zero-order valence-electron chi connectivity index (χ0n) is 7.22. The molecule has 15 heavy (non-hydrogen) atoms. The van der Waals surface area contributed by atoms with Gasteiger partial charge >= 0.3 is 5.69 Å². The molecule has 8 heteroatoms. The van der Waals surface area contributed by atoms with E-state index in [9.17, 15) is 18.9 Å². The molecule has 0 aliphatic heterocycles. The summed E-state index contributed by atoms with van der Waals surface area (Å²) in [5.41, 5.74) is -2.68. The van der Waals surface area contributed by atoms with Crippen molar-refractivity contribution in [2.45, 2.75) is 13.0 Å². The normalized spacial score (nSPS) is 10.7. The molecular weight excluding hydrogens is 214 g/mol. The summed E-state index contributed by atoms with van der Waals surface area (Å²) in [6.45, 7) is -0.912. The SMILES string of the molecule is O=[N+]([O-])c1c(C(F)F)ncc(O)c1CO. The summed E-state index contributed by atoms with van der Waals surface area (Å²) in [4.78, 5) is 12.4. The van der Waals surface area contributed by atoms with Crippen LogP contribution < -0.4 is 0 Å². The van der Waals surface area contributed by atoms with E-state index in [1.165, 1.54) is 0 Å². The zero-order valence-corrected chi connectivity index (χ0v) is 7.22. The van der Waals surface area contributed by atoms with E-state index >= 15 is 0 Å². The maximum absolute atomic E-state index is 12.3. The number of aromatic nitrogens is 1. The van der Waals surface area contributed by atoms with Gasteiger partial charge in [0.1, 0.15) is 11.3 Å². The van der Waals surface area contributed by atoms with E-state index in [0.717, 1.165) is 0 Å². The van der Waals surface area contributed by atoms with Crippen LogP contribution in [0.4, 0.5) is 14.5 Å². The molecule has 0 fully saturated rings. The van der Waals surface area contributed by atoms with Crippen LogP contribution in [-0.2, 0) is 6.61 Å². The van der Waals surface area contributed by atoms with Crippen LogP contribution in [-0.4, -0.2) is 20.1 Å². The van der Waals surface area contributed by atoms with Crippen LogP contribution in [0.1, 0.15) is 17.7 Å². The second-order valence-electron chi connectivity index (χ2n) is 2.57. The lowest BCUT2D eigenvalue weighted by molar-refractivity contribution is -0.387.